The molecule has 2 aliphatic heterocycles. The van der Waals surface area contributed by atoms with Gasteiger partial charge in [0.05, 0.1) is 34.2 Å². The van der Waals surface area contributed by atoms with Crippen LogP contribution in [0.1, 0.15) is 30.5 Å². The summed E-state index contributed by atoms with van der Waals surface area (Å²) < 4.78 is 1.70. The molecular weight excluding hydrogens is 473 g/mol. The van der Waals surface area contributed by atoms with E-state index >= 15 is 0 Å². The molecule has 7 nitrogen and oxygen atoms in total. The molecule has 34 heavy (non-hydrogen) atoms. The molecule has 0 saturated carbocycles. The molecule has 2 aliphatic rings. The Morgan fingerprint density at radius 3 is 2.47 bits per heavy atom. The van der Waals surface area contributed by atoms with Gasteiger partial charge in [-0.3, -0.25) is 4.79 Å². The Labute approximate surface area is 207 Å². The fourth-order valence-corrected chi connectivity index (χ4v) is 4.99. The van der Waals surface area contributed by atoms with Gasteiger partial charge in [0.15, 0.2) is 0 Å². The molecule has 2 amide bonds. The second kappa shape index (κ2) is 9.68. The summed E-state index contributed by atoms with van der Waals surface area (Å²) in [5, 5.41) is 3.68. The SMILES string of the molecule is O=C(Nc1ccc(Cl)cc1Cl)N1CCc2nc(N3CCCCC3)n(-c3ccccc3)c(=O)c2C1. The molecule has 0 unspecified atom stereocenters. The van der Waals surface area contributed by atoms with Crippen molar-refractivity contribution >= 4 is 40.9 Å². The number of urea groups is 1. The van der Waals surface area contributed by atoms with Gasteiger partial charge in [-0.15, -0.1) is 0 Å². The first-order chi connectivity index (χ1) is 16.5. The number of carbonyl (C=O) groups excluding carboxylic acids is 1. The van der Waals surface area contributed by atoms with Crippen molar-refractivity contribution in [2.45, 2.75) is 32.2 Å². The number of halogens is 2. The van der Waals surface area contributed by atoms with Crippen LogP contribution < -0.4 is 15.8 Å². The van der Waals surface area contributed by atoms with Gasteiger partial charge in [-0.2, -0.15) is 0 Å². The van der Waals surface area contributed by atoms with E-state index in [0.717, 1.165) is 37.3 Å². The quantitative estimate of drug-likeness (QED) is 0.544. The molecule has 1 fully saturated rings. The zero-order valence-corrected chi connectivity index (χ0v) is 20.1. The summed E-state index contributed by atoms with van der Waals surface area (Å²) in [4.78, 5) is 35.6. The van der Waals surface area contributed by atoms with Gasteiger partial charge in [-0.25, -0.2) is 14.3 Å². The van der Waals surface area contributed by atoms with Gasteiger partial charge in [0.2, 0.25) is 5.95 Å². The third kappa shape index (κ3) is 4.50. The number of anilines is 2. The first-order valence-corrected chi connectivity index (χ1v) is 12.2. The van der Waals surface area contributed by atoms with Gasteiger partial charge in [-0.05, 0) is 49.6 Å². The molecule has 9 heteroatoms. The van der Waals surface area contributed by atoms with Gasteiger partial charge >= 0.3 is 6.03 Å². The molecule has 3 aromatic rings. The molecule has 1 N–H and O–H groups in total. The van der Waals surface area contributed by atoms with Crippen LogP contribution in [0.2, 0.25) is 10.0 Å². The Morgan fingerprint density at radius 1 is 0.971 bits per heavy atom. The fraction of sp³-hybridized carbons (Fsp3) is 0.320. The first kappa shape index (κ1) is 22.7. The molecule has 1 aromatic heterocycles. The average molecular weight is 498 g/mol. The lowest BCUT2D eigenvalue weighted by molar-refractivity contribution is 0.205. The van der Waals surface area contributed by atoms with Crippen LogP contribution in [0.4, 0.5) is 16.4 Å². The Kier molecular flexibility index (Phi) is 6.48. The highest BCUT2D eigenvalue weighted by atomic mass is 35.5. The van der Waals surface area contributed by atoms with E-state index in [0.29, 0.717) is 40.2 Å². The van der Waals surface area contributed by atoms with Gasteiger partial charge in [0, 0.05) is 31.1 Å². The number of nitrogens with zero attached hydrogens (tertiary/aromatic N) is 4. The molecule has 0 atom stereocenters. The number of rotatable bonds is 3. The van der Waals surface area contributed by atoms with Crippen molar-refractivity contribution in [2.75, 3.05) is 29.9 Å². The highest BCUT2D eigenvalue weighted by Gasteiger charge is 2.29. The van der Waals surface area contributed by atoms with Crippen LogP contribution in [0.25, 0.3) is 5.69 Å². The minimum absolute atomic E-state index is 0.126. The van der Waals surface area contributed by atoms with Crippen molar-refractivity contribution in [1.29, 1.82) is 0 Å². The normalized spacial score (nSPS) is 15.7. The summed E-state index contributed by atoms with van der Waals surface area (Å²) in [6.45, 7) is 2.42. The van der Waals surface area contributed by atoms with Crippen LogP contribution >= 0.6 is 23.2 Å². The molecule has 1 saturated heterocycles. The summed E-state index contributed by atoms with van der Waals surface area (Å²) in [6.07, 6.45) is 3.88. The fourth-order valence-electron chi connectivity index (χ4n) is 4.54. The lowest BCUT2D eigenvalue weighted by Crippen LogP contribution is -2.44. The molecule has 0 bridgehead atoms. The van der Waals surface area contributed by atoms with E-state index < -0.39 is 0 Å². The first-order valence-electron chi connectivity index (χ1n) is 11.5. The summed E-state index contributed by atoms with van der Waals surface area (Å²) in [5.74, 6) is 0.695. The van der Waals surface area contributed by atoms with Crippen molar-refractivity contribution in [3.63, 3.8) is 0 Å². The van der Waals surface area contributed by atoms with Crippen molar-refractivity contribution in [2.24, 2.45) is 0 Å². The van der Waals surface area contributed by atoms with Crippen LogP contribution in [0.5, 0.6) is 0 Å². The number of benzene rings is 2. The number of hydrogen-bond acceptors (Lipinski definition) is 4. The molecule has 5 rings (SSSR count). The Balaban J connectivity index is 1.48. The number of piperidine rings is 1. The van der Waals surface area contributed by atoms with Crippen LogP contribution in [-0.2, 0) is 13.0 Å². The summed E-state index contributed by atoms with van der Waals surface area (Å²) in [7, 11) is 0. The Bertz CT molecular complexity index is 1270. The maximum Gasteiger partial charge on any atom is 0.322 e. The number of amides is 2. The zero-order valence-electron chi connectivity index (χ0n) is 18.6. The smallest absolute Gasteiger partial charge is 0.322 e. The van der Waals surface area contributed by atoms with Crippen molar-refractivity contribution in [3.05, 3.63) is 80.2 Å². The molecule has 0 spiro atoms. The third-order valence-electron chi connectivity index (χ3n) is 6.33. The number of carbonyl (C=O) groups is 1. The van der Waals surface area contributed by atoms with E-state index in [-0.39, 0.29) is 18.1 Å². The zero-order chi connectivity index (χ0) is 23.7. The van der Waals surface area contributed by atoms with Crippen molar-refractivity contribution < 1.29 is 4.79 Å². The lowest BCUT2D eigenvalue weighted by atomic mass is 10.1. The van der Waals surface area contributed by atoms with Crippen molar-refractivity contribution in [3.8, 4) is 5.69 Å². The molecular formula is C25H25Cl2N5O2. The Hall–Kier alpha value is -3.03. The molecule has 3 heterocycles. The predicted molar refractivity (Wildman–Crippen MR) is 135 cm³/mol. The average Bonchev–Trinajstić information content (AvgIpc) is 2.86. The minimum Gasteiger partial charge on any atom is -0.342 e. The maximum absolute atomic E-state index is 13.8. The topological polar surface area (TPSA) is 70.5 Å². The summed E-state index contributed by atoms with van der Waals surface area (Å²) >= 11 is 12.2. The van der Waals surface area contributed by atoms with Gasteiger partial charge in [0.1, 0.15) is 0 Å². The molecule has 0 aliphatic carbocycles. The minimum atomic E-state index is -0.319. The van der Waals surface area contributed by atoms with Gasteiger partial charge < -0.3 is 15.1 Å². The number of hydrogen-bond donors (Lipinski definition) is 1. The molecule has 2 aromatic carbocycles. The maximum atomic E-state index is 13.8. The van der Waals surface area contributed by atoms with Gasteiger partial charge in [0.25, 0.3) is 5.56 Å². The highest BCUT2D eigenvalue weighted by molar-refractivity contribution is 6.36. The van der Waals surface area contributed by atoms with Crippen LogP contribution in [0.15, 0.2) is 53.3 Å². The number of nitrogens with one attached hydrogen (secondary N) is 1. The van der Waals surface area contributed by atoms with Crippen LogP contribution in [0.3, 0.4) is 0 Å². The highest BCUT2D eigenvalue weighted by Crippen LogP contribution is 2.27. The van der Waals surface area contributed by atoms with Crippen LogP contribution in [-0.4, -0.2) is 40.1 Å². The van der Waals surface area contributed by atoms with E-state index in [1.807, 2.05) is 30.3 Å². The van der Waals surface area contributed by atoms with E-state index in [1.165, 1.54) is 6.42 Å². The second-order valence-electron chi connectivity index (χ2n) is 8.59. The standard InChI is InChI=1S/C25H25Cl2N5O2/c26-17-9-10-22(20(27)15-17)29-25(34)31-14-11-21-19(16-31)23(33)32(18-7-3-1-4-8-18)24(28-21)30-12-5-2-6-13-30/h1,3-4,7-10,15H,2,5-6,11-14,16H2,(H,29,34). The van der Waals surface area contributed by atoms with Crippen LogP contribution in [0, 0.1) is 0 Å². The van der Waals surface area contributed by atoms with Crippen molar-refractivity contribution in [1.82, 2.24) is 14.5 Å². The lowest BCUT2D eigenvalue weighted by Gasteiger charge is -2.33. The van der Waals surface area contributed by atoms with E-state index in [2.05, 4.69) is 10.2 Å². The summed E-state index contributed by atoms with van der Waals surface area (Å²) in [6, 6.07) is 14.2. The third-order valence-corrected chi connectivity index (χ3v) is 6.87. The number of fused-ring (bicyclic) bond motifs is 1. The molecule has 0 radical (unpaired) electrons. The summed E-state index contributed by atoms with van der Waals surface area (Å²) in [5.41, 5.74) is 2.44. The predicted octanol–water partition coefficient (Wildman–Crippen LogP) is 5.12. The number of para-hydroxylation sites is 1. The number of aromatic nitrogens is 2. The van der Waals surface area contributed by atoms with E-state index in [4.69, 9.17) is 28.2 Å². The molecule has 176 valence electrons. The Morgan fingerprint density at radius 2 is 1.74 bits per heavy atom. The van der Waals surface area contributed by atoms with E-state index in [1.54, 1.807) is 27.7 Å². The largest absolute Gasteiger partial charge is 0.342 e. The second-order valence-corrected chi connectivity index (χ2v) is 9.43. The van der Waals surface area contributed by atoms with Gasteiger partial charge in [-0.1, -0.05) is 41.4 Å². The van der Waals surface area contributed by atoms with E-state index in [9.17, 15) is 9.59 Å². The monoisotopic (exact) mass is 497 g/mol.